The molecule has 2 aliphatic carbocycles. The number of hydrogen-bond acceptors (Lipinski definition) is 15. The van der Waals surface area contributed by atoms with E-state index >= 15 is 0 Å². The van der Waals surface area contributed by atoms with E-state index in [1.165, 1.54) is 51.4 Å². The number of nitrogens with zero attached hydrogens (tertiary/aromatic N) is 9. The van der Waals surface area contributed by atoms with Crippen LogP contribution >= 0.6 is 22.7 Å². The number of aliphatic hydroxyl groups excluding tert-OH is 2. The van der Waals surface area contributed by atoms with Crippen molar-refractivity contribution in [3.8, 4) is 0 Å². The first-order chi connectivity index (χ1) is 21.9. The maximum absolute atomic E-state index is 11.1. The minimum Gasteiger partial charge on any atom is -0.506 e. The molecular weight excluding hydrogens is 703 g/mol. The molecule has 2 bridgehead atoms. The third kappa shape index (κ3) is 10.4. The van der Waals surface area contributed by atoms with Crippen LogP contribution in [0.1, 0.15) is 13.8 Å². The maximum atomic E-state index is 11.1. The van der Waals surface area contributed by atoms with E-state index in [1.54, 1.807) is 13.8 Å². The molecule has 0 spiro atoms. The van der Waals surface area contributed by atoms with Gasteiger partial charge in [-0.15, -0.1) is 0 Å². The second-order valence-electron chi connectivity index (χ2n) is 9.93. The predicted octanol–water partition coefficient (Wildman–Crippen LogP) is -0.120. The van der Waals surface area contributed by atoms with Gasteiger partial charge in [0.15, 0.2) is 11.6 Å². The van der Waals surface area contributed by atoms with Crippen molar-refractivity contribution in [3.63, 3.8) is 0 Å². The zero-order valence-electron chi connectivity index (χ0n) is 24.7. The average molecular weight is 731 g/mol. The van der Waals surface area contributed by atoms with E-state index in [0.717, 1.165) is 47.2 Å². The summed E-state index contributed by atoms with van der Waals surface area (Å²) >= 11 is 1.52. The number of piperazine rings is 3. The quantitative estimate of drug-likeness (QED) is 0.213. The summed E-state index contributed by atoms with van der Waals surface area (Å²) in [5, 5.41) is 54.7. The van der Waals surface area contributed by atoms with Crippen molar-refractivity contribution in [2.45, 2.75) is 13.8 Å². The maximum Gasteiger partial charge on any atom is 0.319 e. The summed E-state index contributed by atoms with van der Waals surface area (Å²) in [5.41, 5.74) is 1.19. The largest absolute Gasteiger partial charge is 0.506 e. The Kier molecular flexibility index (Phi) is 13.1. The topological polar surface area (TPSA) is 246 Å². The molecule has 3 fully saturated rings. The molecule has 3 N–H and O–H groups in total. The number of carbonyl (C=O) groups is 2. The Morgan fingerprint density at radius 1 is 0.745 bits per heavy atom. The van der Waals surface area contributed by atoms with Crippen molar-refractivity contribution >= 4 is 55.7 Å². The number of carbonyl (C=O) groups excluding carboxylic acids is 2. The van der Waals surface area contributed by atoms with E-state index < -0.39 is 9.85 Å². The fraction of sp³-hybridized carbons (Fsp3) is 0.308. The number of thiazole rings is 2. The summed E-state index contributed by atoms with van der Waals surface area (Å²) in [4.78, 5) is 53.9. The molecule has 5 aliphatic rings. The predicted molar refractivity (Wildman–Crippen MR) is 166 cm³/mol. The standard InChI is InChI=1S/2C10H8N4O4S.C6H12N2.Co/c2*1-5-2-6(15)3-7(16)9(5)12-13-10-11-4-8(19-10)14(17)18;1-2-8-5-3-7(1)4-6-8;/h2*2-4H,1H3,(H2,11,13,15,16);1-6H2;/p-1. The van der Waals surface area contributed by atoms with E-state index in [1.807, 2.05) is 4.90 Å². The summed E-state index contributed by atoms with van der Waals surface area (Å²) in [7, 11) is 0. The first-order valence-corrected chi connectivity index (χ1v) is 15.1. The van der Waals surface area contributed by atoms with Gasteiger partial charge in [0, 0.05) is 70.6 Å². The normalized spacial score (nSPS) is 22.6. The fourth-order valence-corrected chi connectivity index (χ4v) is 5.44. The molecule has 0 saturated carbocycles. The zero-order chi connectivity index (χ0) is 33.4. The first-order valence-electron chi connectivity index (χ1n) is 13.5. The van der Waals surface area contributed by atoms with Crippen LogP contribution in [0.15, 0.2) is 79.8 Å². The summed E-state index contributed by atoms with van der Waals surface area (Å²) in [6, 6.07) is 0. The van der Waals surface area contributed by atoms with Gasteiger partial charge in [0.25, 0.3) is 0 Å². The van der Waals surface area contributed by atoms with E-state index in [0.29, 0.717) is 11.1 Å². The van der Waals surface area contributed by atoms with Gasteiger partial charge in [0.2, 0.25) is 0 Å². The van der Waals surface area contributed by atoms with Gasteiger partial charge in [-0.3, -0.25) is 44.9 Å². The van der Waals surface area contributed by atoms with E-state index in [-0.39, 0.29) is 70.9 Å². The molecule has 5 heterocycles. The molecular formula is C26H27CoN10O8S2-. The molecule has 3 aliphatic heterocycles. The molecule has 251 valence electrons. The van der Waals surface area contributed by atoms with Crippen LogP contribution in [-0.4, -0.2) is 87.2 Å². The van der Waals surface area contributed by atoms with E-state index in [2.05, 4.69) is 35.3 Å². The first kappa shape index (κ1) is 36.8. The second kappa shape index (κ2) is 16.8. The molecule has 2 aromatic rings. The molecule has 1 radical (unpaired) electrons. The summed E-state index contributed by atoms with van der Waals surface area (Å²) < 4.78 is 0. The van der Waals surface area contributed by atoms with Crippen LogP contribution in [0.3, 0.4) is 0 Å². The Hall–Kier alpha value is -4.67. The van der Waals surface area contributed by atoms with Crippen molar-refractivity contribution in [2.24, 2.45) is 20.4 Å². The van der Waals surface area contributed by atoms with Gasteiger partial charge in [0.05, 0.1) is 29.5 Å². The minimum atomic E-state index is -0.578. The smallest absolute Gasteiger partial charge is 0.319 e. The van der Waals surface area contributed by atoms with Crippen LogP contribution in [-0.2, 0) is 26.4 Å². The Morgan fingerprint density at radius 3 is 1.38 bits per heavy atom. The Bertz CT molecular complexity index is 1680. The number of fused-ring (bicyclic) bond motifs is 3. The van der Waals surface area contributed by atoms with Crippen molar-refractivity contribution in [2.75, 3.05) is 39.3 Å². The molecule has 18 nitrogen and oxygen atoms in total. The van der Waals surface area contributed by atoms with Gasteiger partial charge in [-0.05, 0) is 37.1 Å². The molecule has 7 rings (SSSR count). The van der Waals surface area contributed by atoms with Gasteiger partial charge < -0.3 is 35.3 Å². The van der Waals surface area contributed by atoms with Crippen molar-refractivity contribution < 1.29 is 51.3 Å². The van der Waals surface area contributed by atoms with Crippen molar-refractivity contribution in [3.05, 3.63) is 89.2 Å². The van der Waals surface area contributed by atoms with Crippen LogP contribution in [0.4, 0.5) is 10.0 Å². The van der Waals surface area contributed by atoms with Crippen LogP contribution in [0, 0.1) is 20.2 Å². The number of aromatic nitrogens is 2. The third-order valence-electron chi connectivity index (χ3n) is 6.65. The van der Waals surface area contributed by atoms with Gasteiger partial charge in [-0.1, -0.05) is 22.7 Å². The number of allylic oxidation sites excluding steroid dienone is 6. The molecule has 47 heavy (non-hydrogen) atoms. The summed E-state index contributed by atoms with van der Waals surface area (Å²) in [6.45, 7) is 11.5. The summed E-state index contributed by atoms with van der Waals surface area (Å²) in [6.07, 6.45) is 6.80. The third-order valence-corrected chi connectivity index (χ3v) is 8.31. The molecule has 0 atom stereocenters. The van der Waals surface area contributed by atoms with Crippen LogP contribution in [0.25, 0.3) is 0 Å². The fourth-order valence-electron chi connectivity index (χ4n) is 4.34. The molecule has 3 saturated heterocycles. The minimum absolute atomic E-state index is 0. The van der Waals surface area contributed by atoms with Gasteiger partial charge >= 0.3 is 10.0 Å². The number of aliphatic hydroxyl groups is 2. The van der Waals surface area contributed by atoms with Crippen molar-refractivity contribution in [1.82, 2.24) is 14.9 Å². The molecule has 21 heteroatoms. The SMILES string of the molecule is C1C[NH+]2CCN1CC2.CC1=CC(=O)C=C(O)/C1=N/N=c1\[n-]cc([N+](=O)[O-])s1.CC1=CC(=O)C=C(O)C1=N/N=c1\[n-]cc([N+](=O)[O-])s1.[Co]. The Labute approximate surface area is 283 Å². The van der Waals surface area contributed by atoms with Crippen LogP contribution < -0.4 is 24.5 Å². The molecule has 0 unspecified atom stereocenters. The van der Waals surface area contributed by atoms with Crippen LogP contribution in [0.5, 0.6) is 0 Å². The second-order valence-corrected chi connectivity index (χ2v) is 11.9. The molecule has 0 amide bonds. The van der Waals surface area contributed by atoms with Gasteiger partial charge in [0.1, 0.15) is 22.9 Å². The monoisotopic (exact) mass is 730 g/mol. The molecule has 2 aromatic heterocycles. The number of nitrogens with one attached hydrogen (secondary N) is 1. The number of nitro groups is 2. The zero-order valence-corrected chi connectivity index (χ0v) is 27.4. The average Bonchev–Trinajstić information content (AvgIpc) is 3.68. The van der Waals surface area contributed by atoms with Gasteiger partial charge in [-0.25, -0.2) is 0 Å². The number of hydrogen-bond donors (Lipinski definition) is 3. The van der Waals surface area contributed by atoms with E-state index in [9.17, 15) is 40.0 Å². The van der Waals surface area contributed by atoms with Crippen LogP contribution in [0.2, 0.25) is 0 Å². The number of rotatable bonds is 4. The number of ketones is 2. The number of quaternary nitrogens is 1. The molecule has 0 aromatic carbocycles. The Balaban J connectivity index is 0.000000203. The summed E-state index contributed by atoms with van der Waals surface area (Å²) in [5.74, 6) is -1.25. The van der Waals surface area contributed by atoms with Gasteiger partial charge in [-0.2, -0.15) is 0 Å². The van der Waals surface area contributed by atoms with E-state index in [4.69, 9.17) is 0 Å². The Morgan fingerprint density at radius 2 is 1.13 bits per heavy atom. The van der Waals surface area contributed by atoms with Crippen molar-refractivity contribution in [1.29, 1.82) is 0 Å².